The van der Waals surface area contributed by atoms with Crippen LogP contribution in [0.15, 0.2) is 49.1 Å². The maximum absolute atomic E-state index is 13.6. The number of aryl methyl sites for hydroxylation is 1. The van der Waals surface area contributed by atoms with Crippen LogP contribution < -0.4 is 5.32 Å². The molecule has 2 aromatic heterocycles. The van der Waals surface area contributed by atoms with Crippen LogP contribution in [0.5, 0.6) is 0 Å². The molecule has 0 radical (unpaired) electrons. The second kappa shape index (κ2) is 5.80. The molecule has 3 aromatic rings. The van der Waals surface area contributed by atoms with Gasteiger partial charge in [0, 0.05) is 25.0 Å². The van der Waals surface area contributed by atoms with Gasteiger partial charge in [0.25, 0.3) is 5.91 Å². The Morgan fingerprint density at radius 1 is 1.23 bits per heavy atom. The van der Waals surface area contributed by atoms with Crippen molar-refractivity contribution in [3.8, 4) is 0 Å². The van der Waals surface area contributed by atoms with Gasteiger partial charge in [0.15, 0.2) is 0 Å². The van der Waals surface area contributed by atoms with Crippen molar-refractivity contribution in [1.82, 2.24) is 19.6 Å². The zero-order valence-electron chi connectivity index (χ0n) is 11.9. The molecule has 0 aliphatic rings. The van der Waals surface area contributed by atoms with E-state index in [1.54, 1.807) is 47.0 Å². The highest BCUT2D eigenvalue weighted by Crippen LogP contribution is 2.12. The van der Waals surface area contributed by atoms with Crippen LogP contribution >= 0.6 is 0 Å². The molecule has 0 unspecified atom stereocenters. The lowest BCUT2D eigenvalue weighted by molar-refractivity contribution is 0.102. The van der Waals surface area contributed by atoms with E-state index in [9.17, 15) is 9.18 Å². The highest BCUT2D eigenvalue weighted by atomic mass is 19.1. The van der Waals surface area contributed by atoms with Crippen molar-refractivity contribution < 1.29 is 9.18 Å². The molecule has 0 saturated carbocycles. The summed E-state index contributed by atoms with van der Waals surface area (Å²) in [6.45, 7) is 0.301. The first-order valence-corrected chi connectivity index (χ1v) is 6.67. The molecule has 6 nitrogen and oxygen atoms in total. The van der Waals surface area contributed by atoms with Crippen molar-refractivity contribution in [3.63, 3.8) is 0 Å². The minimum Gasteiger partial charge on any atom is -0.319 e. The lowest BCUT2D eigenvalue weighted by Gasteiger charge is -2.03. The molecule has 1 N–H and O–H groups in total. The van der Waals surface area contributed by atoms with Crippen molar-refractivity contribution in [2.45, 2.75) is 6.54 Å². The molecule has 0 saturated heterocycles. The van der Waals surface area contributed by atoms with Crippen LogP contribution in [0.3, 0.4) is 0 Å². The Morgan fingerprint density at radius 3 is 2.77 bits per heavy atom. The van der Waals surface area contributed by atoms with Gasteiger partial charge in [0.2, 0.25) is 0 Å². The van der Waals surface area contributed by atoms with Crippen molar-refractivity contribution in [2.24, 2.45) is 7.05 Å². The lowest BCUT2D eigenvalue weighted by atomic mass is 10.2. The molecule has 0 bridgehead atoms. The van der Waals surface area contributed by atoms with Gasteiger partial charge in [-0.1, -0.05) is 18.2 Å². The second-order valence-electron chi connectivity index (χ2n) is 4.87. The topological polar surface area (TPSA) is 64.7 Å². The third kappa shape index (κ3) is 3.03. The number of nitrogens with one attached hydrogen (secondary N) is 1. The summed E-state index contributed by atoms with van der Waals surface area (Å²) < 4.78 is 16.7. The fraction of sp³-hybridized carbons (Fsp3) is 0.133. The van der Waals surface area contributed by atoms with Gasteiger partial charge in [0.1, 0.15) is 5.82 Å². The predicted molar refractivity (Wildman–Crippen MR) is 78.9 cm³/mol. The number of halogens is 1. The summed E-state index contributed by atoms with van der Waals surface area (Å²) in [4.78, 5) is 12.0. The van der Waals surface area contributed by atoms with Crippen LogP contribution in [-0.4, -0.2) is 25.5 Å². The maximum Gasteiger partial charge on any atom is 0.258 e. The molecule has 0 atom stereocenters. The first kappa shape index (κ1) is 14.0. The predicted octanol–water partition coefficient (Wildman–Crippen LogP) is 2.06. The molecular formula is C15H14FN5O. The van der Waals surface area contributed by atoms with Gasteiger partial charge in [0.05, 0.1) is 30.2 Å². The summed E-state index contributed by atoms with van der Waals surface area (Å²) in [5.74, 6) is -0.544. The molecule has 1 aromatic carbocycles. The molecule has 1 amide bonds. The van der Waals surface area contributed by atoms with Gasteiger partial charge in [-0.15, -0.1) is 0 Å². The first-order valence-electron chi connectivity index (χ1n) is 6.67. The number of benzene rings is 1. The third-order valence-electron chi connectivity index (χ3n) is 3.15. The van der Waals surface area contributed by atoms with Gasteiger partial charge in [-0.05, 0) is 6.07 Å². The summed E-state index contributed by atoms with van der Waals surface area (Å²) in [6.07, 6.45) is 6.29. The Labute approximate surface area is 126 Å². The third-order valence-corrected chi connectivity index (χ3v) is 3.15. The number of amides is 1. The van der Waals surface area contributed by atoms with Crippen LogP contribution in [0.4, 0.5) is 10.1 Å². The number of hydrogen-bond donors (Lipinski definition) is 1. The number of rotatable bonds is 4. The number of hydrogen-bond acceptors (Lipinski definition) is 3. The Bertz CT molecular complexity index is 808. The molecule has 2 heterocycles. The molecule has 112 valence electrons. The summed E-state index contributed by atoms with van der Waals surface area (Å²) in [5.41, 5.74) is 1.55. The number of anilines is 1. The van der Waals surface area contributed by atoms with Crippen LogP contribution in [-0.2, 0) is 13.6 Å². The maximum atomic E-state index is 13.6. The average molecular weight is 299 g/mol. The SMILES string of the molecule is Cn1cc(C(=O)Nc2cnn(Cc3ccccc3F)c2)cn1. The van der Waals surface area contributed by atoms with E-state index in [0.717, 1.165) is 0 Å². The highest BCUT2D eigenvalue weighted by Gasteiger charge is 2.10. The van der Waals surface area contributed by atoms with Crippen molar-refractivity contribution in [2.75, 3.05) is 5.32 Å². The quantitative estimate of drug-likeness (QED) is 0.802. The Morgan fingerprint density at radius 2 is 2.05 bits per heavy atom. The number of aromatic nitrogens is 4. The van der Waals surface area contributed by atoms with Crippen LogP contribution in [0, 0.1) is 5.82 Å². The zero-order chi connectivity index (χ0) is 15.5. The van der Waals surface area contributed by atoms with Crippen molar-refractivity contribution >= 4 is 11.6 Å². The van der Waals surface area contributed by atoms with Gasteiger partial charge < -0.3 is 5.32 Å². The van der Waals surface area contributed by atoms with E-state index in [4.69, 9.17) is 0 Å². The van der Waals surface area contributed by atoms with E-state index in [0.29, 0.717) is 23.4 Å². The van der Waals surface area contributed by atoms with Crippen LogP contribution in [0.1, 0.15) is 15.9 Å². The smallest absolute Gasteiger partial charge is 0.258 e. The van der Waals surface area contributed by atoms with E-state index in [1.165, 1.54) is 18.5 Å². The van der Waals surface area contributed by atoms with Crippen molar-refractivity contribution in [3.05, 3.63) is 66.0 Å². The minimum absolute atomic E-state index is 0.265. The number of carbonyl (C=O) groups is 1. The monoisotopic (exact) mass is 299 g/mol. The fourth-order valence-corrected chi connectivity index (χ4v) is 2.06. The normalized spacial score (nSPS) is 10.6. The Hall–Kier alpha value is -2.96. The van der Waals surface area contributed by atoms with Gasteiger partial charge in [-0.25, -0.2) is 4.39 Å². The van der Waals surface area contributed by atoms with E-state index in [1.807, 2.05) is 0 Å². The molecule has 0 spiro atoms. The molecular weight excluding hydrogens is 285 g/mol. The Balaban J connectivity index is 1.69. The lowest BCUT2D eigenvalue weighted by Crippen LogP contribution is -2.10. The van der Waals surface area contributed by atoms with E-state index < -0.39 is 0 Å². The van der Waals surface area contributed by atoms with Crippen LogP contribution in [0.25, 0.3) is 0 Å². The largest absolute Gasteiger partial charge is 0.319 e. The molecule has 22 heavy (non-hydrogen) atoms. The number of nitrogens with zero attached hydrogens (tertiary/aromatic N) is 4. The second-order valence-corrected chi connectivity index (χ2v) is 4.87. The van der Waals surface area contributed by atoms with Gasteiger partial charge in [-0.2, -0.15) is 10.2 Å². The molecule has 0 aliphatic heterocycles. The molecule has 3 rings (SSSR count). The van der Waals surface area contributed by atoms with Crippen molar-refractivity contribution in [1.29, 1.82) is 0 Å². The fourth-order valence-electron chi connectivity index (χ4n) is 2.06. The van der Waals surface area contributed by atoms with E-state index in [-0.39, 0.29) is 11.7 Å². The number of carbonyl (C=O) groups excluding carboxylic acids is 1. The van der Waals surface area contributed by atoms with Crippen LogP contribution in [0.2, 0.25) is 0 Å². The highest BCUT2D eigenvalue weighted by molar-refractivity contribution is 6.03. The van der Waals surface area contributed by atoms with Gasteiger partial charge >= 0.3 is 0 Å². The molecule has 7 heteroatoms. The van der Waals surface area contributed by atoms with Gasteiger partial charge in [-0.3, -0.25) is 14.2 Å². The summed E-state index contributed by atoms with van der Waals surface area (Å²) in [5, 5.41) is 10.8. The molecule has 0 aliphatic carbocycles. The summed E-state index contributed by atoms with van der Waals surface area (Å²) in [6, 6.07) is 6.52. The minimum atomic E-state index is -0.279. The zero-order valence-corrected chi connectivity index (χ0v) is 11.9. The summed E-state index contributed by atoms with van der Waals surface area (Å²) >= 11 is 0. The summed E-state index contributed by atoms with van der Waals surface area (Å²) in [7, 11) is 1.74. The van der Waals surface area contributed by atoms with E-state index >= 15 is 0 Å². The molecule has 0 fully saturated rings. The first-order chi connectivity index (χ1) is 10.6. The standard InChI is InChI=1S/C15H14FN5O/c1-20-8-12(6-17-20)15(22)19-13-7-18-21(10-13)9-11-4-2-3-5-14(11)16/h2-8,10H,9H2,1H3,(H,19,22). The van der Waals surface area contributed by atoms with E-state index in [2.05, 4.69) is 15.5 Å². The average Bonchev–Trinajstić information content (AvgIpc) is 3.11. The Kier molecular flexibility index (Phi) is 3.69.